The van der Waals surface area contributed by atoms with Gasteiger partial charge in [0, 0.05) is 29.5 Å². The van der Waals surface area contributed by atoms with Crippen molar-refractivity contribution in [1.82, 2.24) is 9.88 Å². The quantitative estimate of drug-likeness (QED) is 0.871. The first-order valence-electron chi connectivity index (χ1n) is 7.34. The van der Waals surface area contributed by atoms with Crippen molar-refractivity contribution in [2.45, 2.75) is 18.9 Å². The number of amides is 1. The Morgan fingerprint density at radius 3 is 2.86 bits per heavy atom. The number of nitrogens with zero attached hydrogens (tertiary/aromatic N) is 2. The number of ether oxygens (including phenoxy) is 1. The Balaban J connectivity index is 1.66. The van der Waals surface area contributed by atoms with E-state index in [2.05, 4.69) is 4.98 Å². The standard InChI is InChI=1S/C17H17ClN2O2/c18-14-4-1-3-13(11-14)17(21)20-10-2-5-16(12-20)22-15-6-8-19-9-7-15/h1,3-4,6-9,11,16H,2,5,10,12H2. The molecule has 1 amide bonds. The molecule has 1 fully saturated rings. The van der Waals surface area contributed by atoms with E-state index in [1.807, 2.05) is 17.0 Å². The van der Waals surface area contributed by atoms with E-state index in [1.165, 1.54) is 0 Å². The minimum atomic E-state index is 0.00512. The van der Waals surface area contributed by atoms with Gasteiger partial charge < -0.3 is 9.64 Å². The summed E-state index contributed by atoms with van der Waals surface area (Å²) in [4.78, 5) is 18.4. The van der Waals surface area contributed by atoms with Crippen molar-refractivity contribution in [2.75, 3.05) is 13.1 Å². The van der Waals surface area contributed by atoms with Crippen LogP contribution in [0, 0.1) is 0 Å². The molecule has 0 spiro atoms. The number of piperidine rings is 1. The molecule has 4 nitrogen and oxygen atoms in total. The molecule has 1 unspecified atom stereocenters. The van der Waals surface area contributed by atoms with E-state index >= 15 is 0 Å². The van der Waals surface area contributed by atoms with Crippen LogP contribution in [0.3, 0.4) is 0 Å². The molecular formula is C17H17ClN2O2. The van der Waals surface area contributed by atoms with Gasteiger partial charge in [-0.15, -0.1) is 0 Å². The second-order valence-electron chi connectivity index (χ2n) is 5.33. The van der Waals surface area contributed by atoms with E-state index in [4.69, 9.17) is 16.3 Å². The second kappa shape index (κ2) is 6.79. The lowest BCUT2D eigenvalue weighted by Crippen LogP contribution is -2.44. The number of hydrogen-bond acceptors (Lipinski definition) is 3. The second-order valence-corrected chi connectivity index (χ2v) is 5.76. The van der Waals surface area contributed by atoms with E-state index in [9.17, 15) is 4.79 Å². The SMILES string of the molecule is O=C(c1cccc(Cl)c1)N1CCCC(Oc2ccncc2)C1. The molecule has 1 aromatic carbocycles. The predicted molar refractivity (Wildman–Crippen MR) is 85.2 cm³/mol. The molecule has 1 atom stereocenters. The zero-order valence-electron chi connectivity index (χ0n) is 12.1. The highest BCUT2D eigenvalue weighted by atomic mass is 35.5. The summed E-state index contributed by atoms with van der Waals surface area (Å²) in [7, 11) is 0. The fourth-order valence-corrected chi connectivity index (χ4v) is 2.82. The molecule has 1 saturated heterocycles. The molecule has 1 aliphatic heterocycles. The number of carbonyl (C=O) groups is 1. The summed E-state index contributed by atoms with van der Waals surface area (Å²) < 4.78 is 5.94. The lowest BCUT2D eigenvalue weighted by Gasteiger charge is -2.33. The minimum Gasteiger partial charge on any atom is -0.488 e. The number of benzene rings is 1. The van der Waals surface area contributed by atoms with Crippen LogP contribution >= 0.6 is 11.6 Å². The maximum Gasteiger partial charge on any atom is 0.254 e. The topological polar surface area (TPSA) is 42.4 Å². The summed E-state index contributed by atoms with van der Waals surface area (Å²) in [6.45, 7) is 1.34. The van der Waals surface area contributed by atoms with E-state index in [-0.39, 0.29) is 12.0 Å². The van der Waals surface area contributed by atoms with Gasteiger partial charge in [-0.3, -0.25) is 9.78 Å². The molecule has 3 rings (SSSR count). The predicted octanol–water partition coefficient (Wildman–Crippen LogP) is 3.42. The summed E-state index contributed by atoms with van der Waals surface area (Å²) >= 11 is 5.96. The van der Waals surface area contributed by atoms with Crippen molar-refractivity contribution in [3.05, 3.63) is 59.4 Å². The zero-order valence-corrected chi connectivity index (χ0v) is 12.9. The molecule has 1 aliphatic rings. The van der Waals surface area contributed by atoms with Gasteiger partial charge in [0.15, 0.2) is 0 Å². The summed E-state index contributed by atoms with van der Waals surface area (Å²) in [5, 5.41) is 0.576. The molecule has 114 valence electrons. The molecule has 2 aromatic rings. The highest BCUT2D eigenvalue weighted by molar-refractivity contribution is 6.30. The Hall–Kier alpha value is -2.07. The number of rotatable bonds is 3. The largest absolute Gasteiger partial charge is 0.488 e. The lowest BCUT2D eigenvalue weighted by atomic mass is 10.1. The first-order valence-corrected chi connectivity index (χ1v) is 7.72. The Bertz CT molecular complexity index is 648. The van der Waals surface area contributed by atoms with Gasteiger partial charge >= 0.3 is 0 Å². The van der Waals surface area contributed by atoms with Gasteiger partial charge in [-0.25, -0.2) is 0 Å². The number of hydrogen-bond donors (Lipinski definition) is 0. The van der Waals surface area contributed by atoms with Gasteiger partial charge in [0.05, 0.1) is 6.54 Å². The molecule has 0 N–H and O–H groups in total. The van der Waals surface area contributed by atoms with Gasteiger partial charge in [0.1, 0.15) is 11.9 Å². The van der Waals surface area contributed by atoms with Crippen LogP contribution in [0.5, 0.6) is 5.75 Å². The summed E-state index contributed by atoms with van der Waals surface area (Å²) in [5.74, 6) is 0.794. The van der Waals surface area contributed by atoms with Crippen molar-refractivity contribution in [3.63, 3.8) is 0 Å². The van der Waals surface area contributed by atoms with Gasteiger partial charge in [-0.2, -0.15) is 0 Å². The minimum absolute atomic E-state index is 0.00512. The third-order valence-corrected chi connectivity index (χ3v) is 3.92. The maximum atomic E-state index is 12.6. The number of carbonyl (C=O) groups excluding carboxylic acids is 1. The van der Waals surface area contributed by atoms with E-state index in [0.717, 1.165) is 25.1 Å². The monoisotopic (exact) mass is 316 g/mol. The van der Waals surface area contributed by atoms with Crippen LogP contribution in [0.2, 0.25) is 5.02 Å². The molecule has 22 heavy (non-hydrogen) atoms. The summed E-state index contributed by atoms with van der Waals surface area (Å²) in [6.07, 6.45) is 5.29. The number of likely N-dealkylation sites (tertiary alicyclic amines) is 1. The normalized spacial score (nSPS) is 18.0. The van der Waals surface area contributed by atoms with Crippen molar-refractivity contribution >= 4 is 17.5 Å². The molecule has 0 saturated carbocycles. The van der Waals surface area contributed by atoms with Crippen LogP contribution in [-0.2, 0) is 0 Å². The molecule has 5 heteroatoms. The third kappa shape index (κ3) is 3.57. The fourth-order valence-electron chi connectivity index (χ4n) is 2.63. The molecule has 1 aromatic heterocycles. The van der Waals surface area contributed by atoms with Gasteiger partial charge in [0.2, 0.25) is 0 Å². The lowest BCUT2D eigenvalue weighted by molar-refractivity contribution is 0.0538. The smallest absolute Gasteiger partial charge is 0.254 e. The maximum absolute atomic E-state index is 12.6. The van der Waals surface area contributed by atoms with Gasteiger partial charge in [-0.1, -0.05) is 17.7 Å². The summed E-state index contributed by atoms with van der Waals surface area (Å²) in [6, 6.07) is 10.7. The van der Waals surface area contributed by atoms with Crippen molar-refractivity contribution in [3.8, 4) is 5.75 Å². The highest BCUT2D eigenvalue weighted by Gasteiger charge is 2.25. The molecule has 0 aliphatic carbocycles. The highest BCUT2D eigenvalue weighted by Crippen LogP contribution is 2.20. The molecular weight excluding hydrogens is 300 g/mol. The first-order chi connectivity index (χ1) is 10.7. The molecule has 2 heterocycles. The van der Waals surface area contributed by atoms with E-state index < -0.39 is 0 Å². The Labute approximate surface area is 134 Å². The van der Waals surface area contributed by atoms with Crippen LogP contribution in [-0.4, -0.2) is 35.0 Å². The average molecular weight is 317 g/mol. The Morgan fingerprint density at radius 2 is 2.09 bits per heavy atom. The zero-order chi connectivity index (χ0) is 15.4. The van der Waals surface area contributed by atoms with Gasteiger partial charge in [0.25, 0.3) is 5.91 Å². The van der Waals surface area contributed by atoms with E-state index in [1.54, 1.807) is 36.7 Å². The van der Waals surface area contributed by atoms with Crippen LogP contribution in [0.4, 0.5) is 0 Å². The summed E-state index contributed by atoms with van der Waals surface area (Å²) in [5.41, 5.74) is 0.622. The molecule has 0 bridgehead atoms. The Morgan fingerprint density at radius 1 is 1.27 bits per heavy atom. The van der Waals surface area contributed by atoms with Gasteiger partial charge in [-0.05, 0) is 43.2 Å². The first kappa shape index (κ1) is 14.9. The van der Waals surface area contributed by atoms with Crippen LogP contribution in [0.15, 0.2) is 48.8 Å². The average Bonchev–Trinajstić information content (AvgIpc) is 2.55. The fraction of sp³-hybridized carbons (Fsp3) is 0.294. The van der Waals surface area contributed by atoms with Crippen molar-refractivity contribution in [2.24, 2.45) is 0 Å². The Kier molecular flexibility index (Phi) is 4.59. The van der Waals surface area contributed by atoms with Crippen molar-refractivity contribution < 1.29 is 9.53 Å². The van der Waals surface area contributed by atoms with Crippen molar-refractivity contribution in [1.29, 1.82) is 0 Å². The number of aromatic nitrogens is 1. The number of halogens is 1. The van der Waals surface area contributed by atoms with Crippen LogP contribution in [0.1, 0.15) is 23.2 Å². The van der Waals surface area contributed by atoms with Crippen LogP contribution in [0.25, 0.3) is 0 Å². The van der Waals surface area contributed by atoms with E-state index in [0.29, 0.717) is 17.1 Å². The third-order valence-electron chi connectivity index (χ3n) is 3.69. The van der Waals surface area contributed by atoms with Crippen LogP contribution < -0.4 is 4.74 Å². The number of pyridine rings is 1. The molecule has 0 radical (unpaired) electrons.